The molecule has 2 saturated heterocycles. The summed E-state index contributed by atoms with van der Waals surface area (Å²) in [5, 5.41) is 15.1. The fraction of sp³-hybridized carbons (Fsp3) is 0.444. The summed E-state index contributed by atoms with van der Waals surface area (Å²) in [7, 11) is 0. The Morgan fingerprint density at radius 1 is 1.09 bits per heavy atom. The lowest BCUT2D eigenvalue weighted by Gasteiger charge is -2.45. The third kappa shape index (κ3) is 7.04. The Bertz CT molecular complexity index is 2470. The molecule has 13 nitrogen and oxygen atoms in total. The van der Waals surface area contributed by atoms with Gasteiger partial charge in [-0.2, -0.15) is 0 Å². The molecule has 0 amide bonds. The summed E-state index contributed by atoms with van der Waals surface area (Å²) >= 11 is 0. The molecule has 0 aliphatic carbocycles. The number of aromatic nitrogens is 2. The molecule has 5 aliphatic rings. The SMILES string of the molecule is CCCCCNc1cc(-c2cc(CC[C@H]3O[C@@]34CCC[C@H]3c5c(cc6oc(C)cc(=O)c6c5O)OC(C)(C)[C@@H]3OC4=O)cc(N)n2)cc(C[NH+]2C=C3N=CC=C3C2)n1. The number of benzene rings is 1. The number of fused-ring (bicyclic) bond motifs is 5. The van der Waals surface area contributed by atoms with Gasteiger partial charge in [0, 0.05) is 47.5 Å². The number of hydrogen-bond acceptors (Lipinski definition) is 12. The van der Waals surface area contributed by atoms with E-state index >= 15 is 0 Å². The highest BCUT2D eigenvalue weighted by Crippen LogP contribution is 2.54. The van der Waals surface area contributed by atoms with Gasteiger partial charge in [-0.3, -0.25) is 14.7 Å². The minimum atomic E-state index is -1.06. The van der Waals surface area contributed by atoms with Crippen molar-refractivity contribution in [3.63, 3.8) is 0 Å². The second-order valence-corrected chi connectivity index (χ2v) is 17.0. The summed E-state index contributed by atoms with van der Waals surface area (Å²) in [6, 6.07) is 11.1. The lowest BCUT2D eigenvalue weighted by Crippen LogP contribution is -3.04. The van der Waals surface area contributed by atoms with Crippen molar-refractivity contribution in [2.75, 3.05) is 24.1 Å². The van der Waals surface area contributed by atoms with Crippen molar-refractivity contribution in [1.82, 2.24) is 9.97 Å². The van der Waals surface area contributed by atoms with Gasteiger partial charge in [0.2, 0.25) is 0 Å². The van der Waals surface area contributed by atoms with Crippen LogP contribution >= 0.6 is 0 Å². The largest absolute Gasteiger partial charge is 0.507 e. The average molecular weight is 788 g/mol. The normalized spacial score (nSPS) is 25.2. The Morgan fingerprint density at radius 2 is 1.95 bits per heavy atom. The highest BCUT2D eigenvalue weighted by atomic mass is 16.7. The molecule has 5 aliphatic heterocycles. The highest BCUT2D eigenvalue weighted by molar-refractivity contribution is 5.88. The van der Waals surface area contributed by atoms with Gasteiger partial charge in [0.15, 0.2) is 11.0 Å². The average Bonchev–Trinajstić information content (AvgIpc) is 3.49. The lowest BCUT2D eigenvalue weighted by atomic mass is 9.76. The number of anilines is 2. The Balaban J connectivity index is 0.915. The molecule has 9 rings (SSSR count). The number of carbonyl (C=O) groups excluding carboxylic acids is 1. The van der Waals surface area contributed by atoms with Crippen molar-refractivity contribution in [3.05, 3.63) is 92.7 Å². The van der Waals surface area contributed by atoms with Crippen LogP contribution in [0.1, 0.15) is 94.2 Å². The number of nitrogen functional groups attached to an aromatic ring is 1. The molecule has 5 N–H and O–H groups in total. The van der Waals surface area contributed by atoms with Crippen LogP contribution in [0.15, 0.2) is 74.1 Å². The number of phenolic OH excluding ortho intramolecular Hbond substituents is 1. The van der Waals surface area contributed by atoms with E-state index < -0.39 is 23.3 Å². The van der Waals surface area contributed by atoms with Crippen LogP contribution in [0.2, 0.25) is 0 Å². The van der Waals surface area contributed by atoms with Gasteiger partial charge in [0.05, 0.1) is 17.5 Å². The van der Waals surface area contributed by atoms with E-state index in [0.717, 1.165) is 66.4 Å². The maximum Gasteiger partial charge on any atom is 0.341 e. The van der Waals surface area contributed by atoms with Gasteiger partial charge in [-0.1, -0.05) is 19.8 Å². The molecule has 2 fully saturated rings. The van der Waals surface area contributed by atoms with Crippen molar-refractivity contribution in [1.29, 1.82) is 0 Å². The number of pyridine rings is 2. The summed E-state index contributed by atoms with van der Waals surface area (Å²) in [6.45, 7) is 10.1. The smallest absolute Gasteiger partial charge is 0.341 e. The minimum Gasteiger partial charge on any atom is -0.507 e. The number of esters is 1. The van der Waals surface area contributed by atoms with E-state index in [-0.39, 0.29) is 34.2 Å². The standard InChI is InChI=1S/C45H50N6O7/c1-5-6-7-14-48-38-20-28(19-29(49-38)23-51-22-27-12-15-47-32(27)24-51)31-17-26(18-37(46)50-31)10-11-36-45(58-36)13-8-9-30-39-35(57-44(3,4)42(30)56-43(45)54)21-34-40(41(39)53)33(52)16-25(2)55-34/h12,15-21,24,30,36,42,53H,5-11,13-14,22-23H2,1-4H3,(H2,46,50)(H,48,49)/p+1/t30-,36+,42+,45-/m0/s1. The van der Waals surface area contributed by atoms with Crippen molar-refractivity contribution in [2.24, 2.45) is 4.99 Å². The van der Waals surface area contributed by atoms with E-state index in [1.807, 2.05) is 32.2 Å². The molecule has 302 valence electrons. The first-order valence-electron chi connectivity index (χ1n) is 20.6. The van der Waals surface area contributed by atoms with Gasteiger partial charge in [0.1, 0.15) is 76.6 Å². The minimum absolute atomic E-state index is 0.0992. The van der Waals surface area contributed by atoms with Crippen molar-refractivity contribution < 1.29 is 33.4 Å². The molecular formula is C45H51N6O7+. The number of unbranched alkanes of at least 4 members (excludes halogenated alkanes) is 2. The van der Waals surface area contributed by atoms with Crippen molar-refractivity contribution in [2.45, 2.75) is 115 Å². The van der Waals surface area contributed by atoms with Crippen LogP contribution in [0.4, 0.5) is 11.6 Å². The number of epoxide rings is 1. The zero-order valence-corrected chi connectivity index (χ0v) is 33.5. The van der Waals surface area contributed by atoms with E-state index in [4.69, 9.17) is 34.3 Å². The fourth-order valence-electron chi connectivity index (χ4n) is 9.37. The number of nitrogens with two attached hydrogens (primary N) is 1. The molecule has 5 atom stereocenters. The molecule has 1 unspecified atom stereocenters. The Hall–Kier alpha value is -5.53. The van der Waals surface area contributed by atoms with Crippen LogP contribution < -0.4 is 26.1 Å². The summed E-state index contributed by atoms with van der Waals surface area (Å²) < 4.78 is 24.8. The third-order valence-electron chi connectivity index (χ3n) is 12.2. The van der Waals surface area contributed by atoms with E-state index in [0.29, 0.717) is 61.5 Å². The van der Waals surface area contributed by atoms with Crippen LogP contribution in [0.25, 0.3) is 22.2 Å². The van der Waals surface area contributed by atoms with E-state index in [9.17, 15) is 14.7 Å². The van der Waals surface area contributed by atoms with E-state index in [1.54, 1.807) is 13.0 Å². The Labute approximate surface area is 337 Å². The molecule has 4 aromatic rings. The number of aromatic hydroxyl groups is 1. The number of allylic oxidation sites excluding steroid dienone is 1. The first-order chi connectivity index (χ1) is 27.9. The molecule has 1 spiro atoms. The Kier molecular flexibility index (Phi) is 9.63. The summed E-state index contributed by atoms with van der Waals surface area (Å²) in [5.41, 5.74) is 10.8. The Morgan fingerprint density at radius 3 is 2.78 bits per heavy atom. The molecule has 58 heavy (non-hydrogen) atoms. The first-order valence-corrected chi connectivity index (χ1v) is 20.6. The van der Waals surface area contributed by atoms with Crippen LogP contribution in [0, 0.1) is 6.92 Å². The van der Waals surface area contributed by atoms with Crippen LogP contribution in [-0.4, -0.2) is 63.8 Å². The zero-order valence-electron chi connectivity index (χ0n) is 33.5. The summed E-state index contributed by atoms with van der Waals surface area (Å²) in [4.78, 5) is 42.5. The van der Waals surface area contributed by atoms with Gasteiger partial charge in [-0.05, 0) is 95.2 Å². The van der Waals surface area contributed by atoms with Crippen molar-refractivity contribution in [3.8, 4) is 22.8 Å². The quantitative estimate of drug-likeness (QED) is 0.0818. The molecule has 8 heterocycles. The summed E-state index contributed by atoms with van der Waals surface area (Å²) in [6.07, 6.45) is 11.3. The molecule has 1 aromatic carbocycles. The first kappa shape index (κ1) is 38.0. The van der Waals surface area contributed by atoms with Gasteiger partial charge in [-0.25, -0.2) is 14.8 Å². The molecule has 3 aromatic heterocycles. The van der Waals surface area contributed by atoms with E-state index in [2.05, 4.69) is 41.6 Å². The fourth-order valence-corrected chi connectivity index (χ4v) is 9.37. The number of nitrogens with one attached hydrogen (secondary N) is 2. The van der Waals surface area contributed by atoms with Crippen LogP contribution in [0.3, 0.4) is 0 Å². The number of quaternary nitrogens is 1. The molecule has 0 radical (unpaired) electrons. The zero-order chi connectivity index (χ0) is 40.3. The van der Waals surface area contributed by atoms with Crippen LogP contribution in [-0.2, 0) is 27.2 Å². The number of ether oxygens (including phenoxy) is 3. The van der Waals surface area contributed by atoms with Crippen LogP contribution in [0.5, 0.6) is 11.5 Å². The second kappa shape index (κ2) is 14.7. The van der Waals surface area contributed by atoms with Gasteiger partial charge >= 0.3 is 5.97 Å². The van der Waals surface area contributed by atoms with Gasteiger partial charge in [-0.15, -0.1) is 0 Å². The molecular weight excluding hydrogens is 737 g/mol. The maximum absolute atomic E-state index is 14.1. The van der Waals surface area contributed by atoms with Gasteiger partial charge < -0.3 is 34.8 Å². The predicted molar refractivity (Wildman–Crippen MR) is 220 cm³/mol. The number of hydrogen-bond donors (Lipinski definition) is 4. The number of aliphatic imine (C=N–C) groups is 1. The maximum atomic E-state index is 14.1. The molecule has 0 saturated carbocycles. The number of nitrogens with zero attached hydrogens (tertiary/aromatic N) is 3. The number of phenols is 1. The number of rotatable bonds is 11. The molecule has 13 heteroatoms. The van der Waals surface area contributed by atoms with Crippen molar-refractivity contribution >= 4 is 34.8 Å². The number of aryl methyl sites for hydroxylation is 2. The molecule has 0 bridgehead atoms. The second-order valence-electron chi connectivity index (χ2n) is 17.0. The van der Waals surface area contributed by atoms with E-state index in [1.165, 1.54) is 16.5 Å². The monoisotopic (exact) mass is 787 g/mol. The van der Waals surface area contributed by atoms with Gasteiger partial charge in [0.25, 0.3) is 0 Å². The highest BCUT2D eigenvalue weighted by Gasteiger charge is 2.65. The third-order valence-corrected chi connectivity index (χ3v) is 12.2. The predicted octanol–water partition coefficient (Wildman–Crippen LogP) is 5.82. The number of carbonyl (C=O) groups is 1. The summed E-state index contributed by atoms with van der Waals surface area (Å²) in [5.74, 6) is 1.10. The topological polar surface area (TPSA) is 179 Å². The lowest BCUT2D eigenvalue weighted by molar-refractivity contribution is -0.852.